The minimum Gasteiger partial charge on any atom is -0.481 e. The average Bonchev–Trinajstić information content (AvgIpc) is 2.97. The second kappa shape index (κ2) is 4.83. The van der Waals surface area contributed by atoms with Crippen LogP contribution in [0.4, 0.5) is 0 Å². The molecule has 0 aromatic carbocycles. The summed E-state index contributed by atoms with van der Waals surface area (Å²) in [5.74, 6) is -1.10. The van der Waals surface area contributed by atoms with Crippen molar-refractivity contribution in [3.8, 4) is 0 Å². The first-order chi connectivity index (χ1) is 8.14. The number of amides is 1. The summed E-state index contributed by atoms with van der Waals surface area (Å²) in [6.45, 7) is 0.193. The van der Waals surface area contributed by atoms with Crippen molar-refractivity contribution in [1.29, 1.82) is 0 Å². The summed E-state index contributed by atoms with van der Waals surface area (Å²) in [4.78, 5) is 26.8. The molecule has 0 bridgehead atoms. The highest BCUT2D eigenvalue weighted by atomic mass is 32.1. The van der Waals surface area contributed by atoms with Crippen LogP contribution in [0.25, 0.3) is 0 Å². The van der Waals surface area contributed by atoms with Gasteiger partial charge in [0.2, 0.25) is 0 Å². The van der Waals surface area contributed by atoms with Gasteiger partial charge in [-0.3, -0.25) is 9.59 Å². The lowest BCUT2D eigenvalue weighted by Crippen LogP contribution is -2.41. The van der Waals surface area contributed by atoms with E-state index in [2.05, 4.69) is 10.3 Å². The molecule has 17 heavy (non-hydrogen) atoms. The molecule has 92 valence electrons. The highest BCUT2D eigenvalue weighted by Crippen LogP contribution is 2.37. The van der Waals surface area contributed by atoms with E-state index in [4.69, 9.17) is 0 Å². The van der Waals surface area contributed by atoms with Gasteiger partial charge in [0, 0.05) is 11.9 Å². The Balaban J connectivity index is 1.97. The monoisotopic (exact) mass is 254 g/mol. The van der Waals surface area contributed by atoms with Gasteiger partial charge in [0.05, 0.1) is 10.9 Å². The van der Waals surface area contributed by atoms with Crippen LogP contribution in [0.5, 0.6) is 0 Å². The number of hydrogen-bond acceptors (Lipinski definition) is 4. The number of nitrogens with one attached hydrogen (secondary N) is 1. The van der Waals surface area contributed by atoms with Crippen LogP contribution >= 0.6 is 11.3 Å². The van der Waals surface area contributed by atoms with E-state index < -0.39 is 11.4 Å². The summed E-state index contributed by atoms with van der Waals surface area (Å²) in [7, 11) is 0. The predicted molar refractivity (Wildman–Crippen MR) is 63.0 cm³/mol. The van der Waals surface area contributed by atoms with Gasteiger partial charge in [-0.05, 0) is 12.8 Å². The van der Waals surface area contributed by atoms with Crippen LogP contribution in [0, 0.1) is 5.41 Å². The Morgan fingerprint density at radius 2 is 2.18 bits per heavy atom. The van der Waals surface area contributed by atoms with Gasteiger partial charge in [-0.2, -0.15) is 0 Å². The normalized spacial score (nSPS) is 17.9. The molecule has 1 aromatic heterocycles. The molecule has 1 amide bonds. The fourth-order valence-corrected chi connectivity index (χ4v) is 2.71. The first-order valence-corrected chi connectivity index (χ1v) is 6.48. The number of carbonyl (C=O) groups is 2. The standard InChI is InChI=1S/C11H14N2O3S/c14-9(8-5-17-7-13-8)12-6-11(10(15)16)3-1-2-4-11/h5,7H,1-4,6H2,(H,12,14)(H,15,16). The maximum Gasteiger partial charge on any atom is 0.311 e. The number of carbonyl (C=O) groups excluding carboxylic acids is 1. The molecule has 1 heterocycles. The van der Waals surface area contributed by atoms with E-state index in [1.165, 1.54) is 11.3 Å². The first-order valence-electron chi connectivity index (χ1n) is 5.54. The quantitative estimate of drug-likeness (QED) is 0.853. The van der Waals surface area contributed by atoms with Crippen LogP contribution in [0.3, 0.4) is 0 Å². The van der Waals surface area contributed by atoms with E-state index in [-0.39, 0.29) is 12.5 Å². The lowest BCUT2D eigenvalue weighted by molar-refractivity contribution is -0.148. The van der Waals surface area contributed by atoms with Crippen LogP contribution in [0.1, 0.15) is 36.2 Å². The number of aromatic nitrogens is 1. The average molecular weight is 254 g/mol. The van der Waals surface area contributed by atoms with Crippen LogP contribution in [0.15, 0.2) is 10.9 Å². The lowest BCUT2D eigenvalue weighted by Gasteiger charge is -2.23. The summed E-state index contributed by atoms with van der Waals surface area (Å²) >= 11 is 1.34. The Hall–Kier alpha value is -1.43. The molecule has 1 aromatic rings. The van der Waals surface area contributed by atoms with Crippen molar-refractivity contribution in [1.82, 2.24) is 10.3 Å². The summed E-state index contributed by atoms with van der Waals surface area (Å²) < 4.78 is 0. The second-order valence-corrected chi connectivity index (χ2v) is 5.07. The molecule has 0 spiro atoms. The van der Waals surface area contributed by atoms with Crippen molar-refractivity contribution in [2.75, 3.05) is 6.54 Å². The van der Waals surface area contributed by atoms with E-state index in [1.807, 2.05) is 0 Å². The highest BCUT2D eigenvalue weighted by Gasteiger charge is 2.41. The Labute approximate surface area is 103 Å². The van der Waals surface area contributed by atoms with Crippen molar-refractivity contribution in [2.45, 2.75) is 25.7 Å². The zero-order valence-corrected chi connectivity index (χ0v) is 10.1. The third-order valence-corrected chi connectivity index (χ3v) is 3.85. The van der Waals surface area contributed by atoms with E-state index in [0.717, 1.165) is 12.8 Å². The van der Waals surface area contributed by atoms with E-state index in [9.17, 15) is 14.7 Å². The fourth-order valence-electron chi connectivity index (χ4n) is 2.18. The molecular formula is C11H14N2O3S. The zero-order chi connectivity index (χ0) is 12.3. The molecule has 0 aliphatic heterocycles. The highest BCUT2D eigenvalue weighted by molar-refractivity contribution is 7.07. The zero-order valence-electron chi connectivity index (χ0n) is 9.31. The Bertz CT molecular complexity index is 410. The Kier molecular flexibility index (Phi) is 3.42. The van der Waals surface area contributed by atoms with Gasteiger partial charge in [-0.1, -0.05) is 12.8 Å². The third kappa shape index (κ3) is 2.46. The van der Waals surface area contributed by atoms with Crippen molar-refractivity contribution in [3.63, 3.8) is 0 Å². The summed E-state index contributed by atoms with van der Waals surface area (Å²) in [6.07, 6.45) is 3.11. The first kappa shape index (κ1) is 12.0. The molecule has 0 atom stereocenters. The number of carboxylic acid groups (broad SMARTS) is 1. The van der Waals surface area contributed by atoms with Gasteiger partial charge in [-0.15, -0.1) is 11.3 Å². The molecule has 2 rings (SSSR count). The van der Waals surface area contributed by atoms with Gasteiger partial charge < -0.3 is 10.4 Å². The Morgan fingerprint density at radius 3 is 2.71 bits per heavy atom. The molecule has 1 fully saturated rings. The maximum atomic E-state index is 11.7. The minimum atomic E-state index is -0.812. The molecule has 6 heteroatoms. The number of aliphatic carboxylic acids is 1. The molecule has 0 saturated heterocycles. The summed E-state index contributed by atoms with van der Waals surface area (Å²) in [6, 6.07) is 0. The molecule has 2 N–H and O–H groups in total. The van der Waals surface area contributed by atoms with E-state index in [0.29, 0.717) is 18.5 Å². The number of hydrogen-bond donors (Lipinski definition) is 2. The lowest BCUT2D eigenvalue weighted by atomic mass is 9.86. The van der Waals surface area contributed by atoms with Crippen molar-refractivity contribution in [2.24, 2.45) is 5.41 Å². The van der Waals surface area contributed by atoms with E-state index in [1.54, 1.807) is 10.9 Å². The van der Waals surface area contributed by atoms with Gasteiger partial charge in [-0.25, -0.2) is 4.98 Å². The number of thiazole rings is 1. The van der Waals surface area contributed by atoms with Crippen LogP contribution < -0.4 is 5.32 Å². The third-order valence-electron chi connectivity index (χ3n) is 3.27. The maximum absolute atomic E-state index is 11.7. The topological polar surface area (TPSA) is 79.3 Å². The van der Waals surface area contributed by atoms with Crippen LogP contribution in [-0.2, 0) is 4.79 Å². The predicted octanol–water partition coefficient (Wildman–Crippen LogP) is 1.52. The van der Waals surface area contributed by atoms with Gasteiger partial charge in [0.25, 0.3) is 5.91 Å². The minimum absolute atomic E-state index is 0.193. The van der Waals surface area contributed by atoms with Gasteiger partial charge in [0.1, 0.15) is 5.69 Å². The molecule has 1 aliphatic carbocycles. The number of nitrogens with zero attached hydrogens (tertiary/aromatic N) is 1. The van der Waals surface area contributed by atoms with Crippen molar-refractivity contribution in [3.05, 3.63) is 16.6 Å². The van der Waals surface area contributed by atoms with E-state index >= 15 is 0 Å². The largest absolute Gasteiger partial charge is 0.481 e. The van der Waals surface area contributed by atoms with Crippen molar-refractivity contribution >= 4 is 23.2 Å². The molecule has 1 saturated carbocycles. The summed E-state index contributed by atoms with van der Waals surface area (Å²) in [5.41, 5.74) is 1.16. The molecule has 5 nitrogen and oxygen atoms in total. The fraction of sp³-hybridized carbons (Fsp3) is 0.545. The van der Waals surface area contributed by atoms with Gasteiger partial charge in [0.15, 0.2) is 0 Å². The molecule has 0 unspecified atom stereocenters. The molecule has 1 aliphatic rings. The van der Waals surface area contributed by atoms with Crippen molar-refractivity contribution < 1.29 is 14.7 Å². The second-order valence-electron chi connectivity index (χ2n) is 4.35. The number of rotatable bonds is 4. The number of carboxylic acids is 1. The Morgan fingerprint density at radius 1 is 1.47 bits per heavy atom. The molecule has 0 radical (unpaired) electrons. The summed E-state index contributed by atoms with van der Waals surface area (Å²) in [5, 5.41) is 13.6. The smallest absolute Gasteiger partial charge is 0.311 e. The van der Waals surface area contributed by atoms with Crippen LogP contribution in [0.2, 0.25) is 0 Å². The van der Waals surface area contributed by atoms with Crippen LogP contribution in [-0.4, -0.2) is 28.5 Å². The molecular weight excluding hydrogens is 240 g/mol. The SMILES string of the molecule is O=C(NCC1(C(=O)O)CCCC1)c1cscn1. The van der Waals surface area contributed by atoms with Gasteiger partial charge >= 0.3 is 5.97 Å².